The molecule has 40 heavy (non-hydrogen) atoms. The number of ketones is 1. The van der Waals surface area contributed by atoms with Crippen LogP contribution in [-0.4, -0.2) is 24.2 Å². The average Bonchev–Trinajstić information content (AvgIpc) is 3.34. The number of fused-ring (bicyclic) bond motifs is 1. The Hall–Kier alpha value is -3.85. The average molecular weight is 683 g/mol. The minimum atomic E-state index is -4.69. The van der Waals surface area contributed by atoms with Gasteiger partial charge < -0.3 is 4.98 Å². The van der Waals surface area contributed by atoms with Crippen molar-refractivity contribution in [2.45, 2.75) is 11.1 Å². The largest absolute Gasteiger partial charge is 0.416 e. The molecule has 0 bridgehead atoms. The summed E-state index contributed by atoms with van der Waals surface area (Å²) in [5.41, 5.74) is -1.22. The zero-order chi connectivity index (χ0) is 28.8. The van der Waals surface area contributed by atoms with Crippen molar-refractivity contribution in [1.82, 2.24) is 9.97 Å². The predicted octanol–water partition coefficient (Wildman–Crippen LogP) is 7.16. The number of carbonyl (C=O) groups is 1. The number of anilines is 1. The summed E-state index contributed by atoms with van der Waals surface area (Å²) in [6, 6.07) is 13.1. The molecule has 13 heteroatoms. The van der Waals surface area contributed by atoms with Gasteiger partial charge in [0.15, 0.2) is 5.82 Å². The van der Waals surface area contributed by atoms with Crippen LogP contribution in [0.4, 0.5) is 27.6 Å². The van der Waals surface area contributed by atoms with E-state index in [0.29, 0.717) is 35.9 Å². The highest BCUT2D eigenvalue weighted by molar-refractivity contribution is 14.1. The molecule has 0 atom stereocenters. The van der Waals surface area contributed by atoms with Crippen molar-refractivity contribution in [3.63, 3.8) is 0 Å². The third-order valence-electron chi connectivity index (χ3n) is 6.01. The molecule has 2 heterocycles. The van der Waals surface area contributed by atoms with E-state index < -0.39 is 55.3 Å². The third-order valence-corrected chi connectivity index (χ3v) is 8.11. The van der Waals surface area contributed by atoms with Crippen LogP contribution in [0.3, 0.4) is 0 Å². The summed E-state index contributed by atoms with van der Waals surface area (Å²) in [5, 5.41) is 0.288. The predicted molar refractivity (Wildman–Crippen MR) is 146 cm³/mol. The number of hydrogen-bond donors (Lipinski definition) is 2. The lowest BCUT2D eigenvalue weighted by Crippen LogP contribution is -2.17. The molecule has 0 saturated heterocycles. The Bertz CT molecular complexity index is 1870. The van der Waals surface area contributed by atoms with Crippen LogP contribution in [0.2, 0.25) is 0 Å². The quantitative estimate of drug-likeness (QED) is 0.113. The van der Waals surface area contributed by atoms with Crippen LogP contribution in [0.5, 0.6) is 0 Å². The second-order valence-electron chi connectivity index (χ2n) is 8.57. The minimum Gasteiger partial charge on any atom is -0.345 e. The first-order chi connectivity index (χ1) is 18.8. The maximum absolute atomic E-state index is 15.5. The molecule has 0 aliphatic rings. The number of nitrogens with one attached hydrogen (secondary N) is 2. The molecule has 0 radical (unpaired) electrons. The first-order valence-corrected chi connectivity index (χ1v) is 13.9. The number of aromatic nitrogens is 2. The van der Waals surface area contributed by atoms with Gasteiger partial charge in [0, 0.05) is 32.5 Å². The molecule has 0 fully saturated rings. The van der Waals surface area contributed by atoms with Crippen LogP contribution in [0.25, 0.3) is 22.2 Å². The van der Waals surface area contributed by atoms with Crippen molar-refractivity contribution in [3.8, 4) is 11.1 Å². The van der Waals surface area contributed by atoms with Crippen molar-refractivity contribution >= 4 is 55.1 Å². The van der Waals surface area contributed by atoms with Gasteiger partial charge in [0.25, 0.3) is 10.0 Å². The molecule has 0 unspecified atom stereocenters. The Balaban J connectivity index is 1.50. The molecule has 0 aliphatic carbocycles. The van der Waals surface area contributed by atoms with E-state index in [4.69, 9.17) is 0 Å². The lowest BCUT2D eigenvalue weighted by molar-refractivity contribution is -0.137. The molecule has 0 amide bonds. The fourth-order valence-electron chi connectivity index (χ4n) is 3.99. The number of alkyl halides is 3. The first kappa shape index (κ1) is 27.7. The lowest BCUT2D eigenvalue weighted by Gasteiger charge is -2.13. The highest BCUT2D eigenvalue weighted by Crippen LogP contribution is 2.32. The molecule has 5 rings (SSSR count). The van der Waals surface area contributed by atoms with Crippen molar-refractivity contribution < 1.29 is 35.2 Å². The third kappa shape index (κ3) is 5.30. The van der Waals surface area contributed by atoms with Gasteiger partial charge >= 0.3 is 6.18 Å². The number of halogens is 6. The Morgan fingerprint density at radius 3 is 2.25 bits per heavy atom. The summed E-state index contributed by atoms with van der Waals surface area (Å²) in [4.78, 5) is 19.8. The van der Waals surface area contributed by atoms with Crippen molar-refractivity contribution in [3.05, 3.63) is 111 Å². The molecule has 0 saturated carbocycles. The molecule has 5 aromatic rings. The summed E-state index contributed by atoms with van der Waals surface area (Å²) >= 11 is 2.15. The number of sulfonamides is 1. The number of benzene rings is 3. The maximum atomic E-state index is 15.5. The fourth-order valence-corrected chi connectivity index (χ4v) is 5.41. The molecule has 2 N–H and O–H groups in total. The van der Waals surface area contributed by atoms with Gasteiger partial charge in [-0.3, -0.25) is 9.52 Å². The van der Waals surface area contributed by atoms with Gasteiger partial charge in [-0.25, -0.2) is 22.2 Å². The van der Waals surface area contributed by atoms with Crippen molar-refractivity contribution in [2.75, 3.05) is 4.72 Å². The van der Waals surface area contributed by atoms with E-state index in [9.17, 15) is 30.8 Å². The van der Waals surface area contributed by atoms with Gasteiger partial charge in [0.2, 0.25) is 5.78 Å². The molecule has 0 aliphatic heterocycles. The SMILES string of the molecule is O=C(c1c(F)ccc(NS(=O)(=O)c2ccc(C(F)(F)F)cc2)c1F)c1c[nH]c2ncc(-c3ccc(I)cc3)cc12. The molecular formula is C27H15F5IN3O3S. The monoisotopic (exact) mass is 683 g/mol. The number of carbonyl (C=O) groups excluding carboxylic acids is 1. The summed E-state index contributed by atoms with van der Waals surface area (Å²) in [7, 11) is -4.59. The number of aromatic amines is 1. The normalized spacial score (nSPS) is 12.1. The molecule has 2 aromatic heterocycles. The Morgan fingerprint density at radius 1 is 0.925 bits per heavy atom. The van der Waals surface area contributed by atoms with E-state index in [2.05, 4.69) is 32.6 Å². The number of nitrogens with zero attached hydrogens (tertiary/aromatic N) is 1. The zero-order valence-corrected chi connectivity index (χ0v) is 22.8. The summed E-state index contributed by atoms with van der Waals surface area (Å²) in [6.45, 7) is 0. The number of pyridine rings is 1. The van der Waals surface area contributed by atoms with E-state index in [1.54, 1.807) is 12.3 Å². The summed E-state index contributed by atoms with van der Waals surface area (Å²) < 4.78 is 97.1. The second kappa shape index (κ2) is 10.3. The highest BCUT2D eigenvalue weighted by atomic mass is 127. The smallest absolute Gasteiger partial charge is 0.345 e. The van der Waals surface area contributed by atoms with Gasteiger partial charge in [0.05, 0.1) is 21.7 Å². The maximum Gasteiger partial charge on any atom is 0.416 e. The zero-order valence-electron chi connectivity index (χ0n) is 19.9. The molecule has 3 aromatic carbocycles. The summed E-state index contributed by atoms with van der Waals surface area (Å²) in [6.07, 6.45) is -1.87. The lowest BCUT2D eigenvalue weighted by atomic mass is 10.00. The fraction of sp³-hybridized carbons (Fsp3) is 0.0370. The van der Waals surface area contributed by atoms with Crippen molar-refractivity contribution in [1.29, 1.82) is 0 Å². The Kier molecular flexibility index (Phi) is 7.12. The van der Waals surface area contributed by atoms with Crippen LogP contribution in [0.15, 0.2) is 84.0 Å². The number of rotatable bonds is 6. The second-order valence-corrected chi connectivity index (χ2v) is 11.5. The minimum absolute atomic E-state index is 0.101. The van der Waals surface area contributed by atoms with E-state index in [1.165, 1.54) is 6.20 Å². The van der Waals surface area contributed by atoms with E-state index >= 15 is 4.39 Å². The topological polar surface area (TPSA) is 91.9 Å². The van der Waals surface area contributed by atoms with Crippen LogP contribution in [0.1, 0.15) is 21.5 Å². The van der Waals surface area contributed by atoms with Gasteiger partial charge in [-0.2, -0.15) is 13.2 Å². The highest BCUT2D eigenvalue weighted by Gasteiger charge is 2.31. The molecule has 204 valence electrons. The van der Waals surface area contributed by atoms with Gasteiger partial charge in [-0.1, -0.05) is 12.1 Å². The van der Waals surface area contributed by atoms with Crippen LogP contribution in [-0.2, 0) is 16.2 Å². The van der Waals surface area contributed by atoms with Crippen LogP contribution in [0, 0.1) is 15.2 Å². The van der Waals surface area contributed by atoms with Crippen LogP contribution >= 0.6 is 22.6 Å². The van der Waals surface area contributed by atoms with Gasteiger partial charge in [-0.15, -0.1) is 0 Å². The van der Waals surface area contributed by atoms with Crippen molar-refractivity contribution in [2.24, 2.45) is 0 Å². The Morgan fingerprint density at radius 2 is 1.60 bits per heavy atom. The molecule has 0 spiro atoms. The van der Waals surface area contributed by atoms with Crippen LogP contribution < -0.4 is 4.72 Å². The first-order valence-electron chi connectivity index (χ1n) is 11.3. The molecular weight excluding hydrogens is 668 g/mol. The van der Waals surface area contributed by atoms with Gasteiger partial charge in [-0.05, 0) is 82.8 Å². The van der Waals surface area contributed by atoms with E-state index in [-0.39, 0.29) is 16.6 Å². The van der Waals surface area contributed by atoms with E-state index in [0.717, 1.165) is 15.2 Å². The molecule has 6 nitrogen and oxygen atoms in total. The number of hydrogen-bond acceptors (Lipinski definition) is 4. The van der Waals surface area contributed by atoms with E-state index in [1.807, 2.05) is 29.0 Å². The summed E-state index contributed by atoms with van der Waals surface area (Å²) in [5.74, 6) is -3.80. The number of H-pyrrole nitrogens is 1. The Labute approximate surface area is 237 Å². The van der Waals surface area contributed by atoms with Gasteiger partial charge in [0.1, 0.15) is 11.5 Å². The standard InChI is InChI=1S/C27H15F5IN3O3S/c28-21-9-10-22(36-40(38,39)18-7-3-16(4-8-18)27(30,31)32)24(29)23(21)25(37)20-13-35-26-19(20)11-15(12-34-26)14-1-5-17(33)6-2-14/h1-13,36H,(H,34,35).